The topological polar surface area (TPSA) is 9.23 Å². The molecule has 54 valence electrons. The molecule has 0 aliphatic carbocycles. The van der Waals surface area contributed by atoms with E-state index in [4.69, 9.17) is 4.74 Å². The highest BCUT2D eigenvalue weighted by atomic mass is 127. The second-order valence-corrected chi connectivity index (χ2v) is 4.62. The summed E-state index contributed by atoms with van der Waals surface area (Å²) in [5.74, 6) is 0.819. The molecule has 1 saturated heterocycles. The Kier molecular flexibility index (Phi) is 3.26. The van der Waals surface area contributed by atoms with Gasteiger partial charge in [0.25, 0.3) is 0 Å². The van der Waals surface area contributed by atoms with Crippen LogP contribution in [-0.4, -0.2) is 17.1 Å². The Hall–Kier alpha value is 0.690. The van der Waals surface area contributed by atoms with E-state index in [9.17, 15) is 0 Å². The minimum Gasteiger partial charge on any atom is -0.381 e. The molecule has 0 aromatic carbocycles. The highest BCUT2D eigenvalue weighted by molar-refractivity contribution is 14.1. The lowest BCUT2D eigenvalue weighted by atomic mass is 10.00. The fraction of sp³-hybridized carbons (Fsp3) is 1.00. The molecular formula is C7H13IO. The van der Waals surface area contributed by atoms with Crippen molar-refractivity contribution in [3.8, 4) is 0 Å². The molecule has 0 spiro atoms. The third kappa shape index (κ3) is 2.42. The fourth-order valence-electron chi connectivity index (χ4n) is 1.13. The van der Waals surface area contributed by atoms with Gasteiger partial charge in [0.05, 0.1) is 6.61 Å². The Morgan fingerprint density at radius 3 is 2.78 bits per heavy atom. The highest BCUT2D eigenvalue weighted by Crippen LogP contribution is 2.22. The summed E-state index contributed by atoms with van der Waals surface area (Å²) in [4.78, 5) is 0. The van der Waals surface area contributed by atoms with Crippen LogP contribution in [0.25, 0.3) is 0 Å². The summed E-state index contributed by atoms with van der Waals surface area (Å²) >= 11 is 2.48. The Morgan fingerprint density at radius 2 is 2.44 bits per heavy atom. The summed E-state index contributed by atoms with van der Waals surface area (Å²) in [6.07, 6.45) is 2.63. The standard InChI is InChI=1S/C7H13IO/c1-6(8)7-3-2-4-9-5-7/h6-7H,2-5H2,1H3/t6?,7-/m0/s1. The van der Waals surface area contributed by atoms with E-state index in [1.807, 2.05) is 0 Å². The number of alkyl halides is 1. The monoisotopic (exact) mass is 240 g/mol. The first-order chi connectivity index (χ1) is 4.30. The van der Waals surface area contributed by atoms with Gasteiger partial charge in [0.1, 0.15) is 0 Å². The van der Waals surface area contributed by atoms with Crippen LogP contribution >= 0.6 is 22.6 Å². The number of ether oxygens (including phenoxy) is 1. The minimum absolute atomic E-state index is 0.780. The molecule has 1 aliphatic rings. The quantitative estimate of drug-likeness (QED) is 0.504. The maximum absolute atomic E-state index is 5.34. The Morgan fingerprint density at radius 1 is 1.67 bits per heavy atom. The molecule has 1 rings (SSSR count). The highest BCUT2D eigenvalue weighted by Gasteiger charge is 2.17. The predicted molar refractivity (Wildman–Crippen MR) is 47.0 cm³/mol. The van der Waals surface area contributed by atoms with Gasteiger partial charge in [-0.2, -0.15) is 0 Å². The van der Waals surface area contributed by atoms with E-state index in [1.54, 1.807) is 0 Å². The molecule has 2 atom stereocenters. The Balaban J connectivity index is 2.23. The average Bonchev–Trinajstić information content (AvgIpc) is 1.90. The van der Waals surface area contributed by atoms with E-state index in [-0.39, 0.29) is 0 Å². The molecule has 2 heteroatoms. The predicted octanol–water partition coefficient (Wildman–Crippen LogP) is 2.24. The lowest BCUT2D eigenvalue weighted by molar-refractivity contribution is 0.0571. The van der Waals surface area contributed by atoms with Gasteiger partial charge in [0.15, 0.2) is 0 Å². The van der Waals surface area contributed by atoms with Crippen molar-refractivity contribution in [3.05, 3.63) is 0 Å². The maximum atomic E-state index is 5.34. The molecule has 0 amide bonds. The molecule has 0 aromatic rings. The van der Waals surface area contributed by atoms with E-state index in [1.165, 1.54) is 12.8 Å². The summed E-state index contributed by atoms with van der Waals surface area (Å²) < 4.78 is 6.12. The molecule has 0 bridgehead atoms. The van der Waals surface area contributed by atoms with Crippen LogP contribution in [0.3, 0.4) is 0 Å². The van der Waals surface area contributed by atoms with Crippen molar-refractivity contribution < 1.29 is 4.74 Å². The normalized spacial score (nSPS) is 32.0. The molecule has 1 heterocycles. The summed E-state index contributed by atoms with van der Waals surface area (Å²) in [6.45, 7) is 4.24. The summed E-state index contributed by atoms with van der Waals surface area (Å²) in [7, 11) is 0. The van der Waals surface area contributed by atoms with Crippen molar-refractivity contribution in [1.29, 1.82) is 0 Å². The van der Waals surface area contributed by atoms with Crippen LogP contribution < -0.4 is 0 Å². The lowest BCUT2D eigenvalue weighted by Gasteiger charge is -2.23. The third-order valence-corrected chi connectivity index (χ3v) is 2.86. The zero-order valence-electron chi connectivity index (χ0n) is 5.77. The van der Waals surface area contributed by atoms with Gasteiger partial charge in [-0.1, -0.05) is 29.5 Å². The van der Waals surface area contributed by atoms with Gasteiger partial charge >= 0.3 is 0 Å². The van der Waals surface area contributed by atoms with Crippen molar-refractivity contribution in [3.63, 3.8) is 0 Å². The number of hydrogen-bond donors (Lipinski definition) is 0. The van der Waals surface area contributed by atoms with Crippen LogP contribution in [0.15, 0.2) is 0 Å². The van der Waals surface area contributed by atoms with E-state index in [0.29, 0.717) is 0 Å². The fourth-order valence-corrected chi connectivity index (χ4v) is 1.70. The molecule has 0 saturated carbocycles. The first-order valence-corrected chi connectivity index (χ1v) is 4.77. The van der Waals surface area contributed by atoms with Gasteiger partial charge in [-0.15, -0.1) is 0 Å². The molecule has 9 heavy (non-hydrogen) atoms. The Labute approximate surface area is 70.3 Å². The van der Waals surface area contributed by atoms with Crippen LogP contribution in [0.5, 0.6) is 0 Å². The van der Waals surface area contributed by atoms with Crippen molar-refractivity contribution in [2.45, 2.75) is 23.7 Å². The van der Waals surface area contributed by atoms with Gasteiger partial charge in [-0.3, -0.25) is 0 Å². The van der Waals surface area contributed by atoms with Crippen LogP contribution in [0.4, 0.5) is 0 Å². The second-order valence-electron chi connectivity index (χ2n) is 2.65. The average molecular weight is 240 g/mol. The van der Waals surface area contributed by atoms with Gasteiger partial charge in [-0.05, 0) is 18.8 Å². The second kappa shape index (κ2) is 3.76. The summed E-state index contributed by atoms with van der Waals surface area (Å²) in [5.41, 5.74) is 0. The van der Waals surface area contributed by atoms with E-state index in [0.717, 1.165) is 23.1 Å². The smallest absolute Gasteiger partial charge is 0.0504 e. The molecular weight excluding hydrogens is 227 g/mol. The van der Waals surface area contributed by atoms with Crippen molar-refractivity contribution in [2.75, 3.05) is 13.2 Å². The van der Waals surface area contributed by atoms with Crippen molar-refractivity contribution in [1.82, 2.24) is 0 Å². The van der Waals surface area contributed by atoms with Gasteiger partial charge in [-0.25, -0.2) is 0 Å². The van der Waals surface area contributed by atoms with Gasteiger partial charge in [0, 0.05) is 10.5 Å². The largest absolute Gasteiger partial charge is 0.381 e. The molecule has 0 radical (unpaired) electrons. The first kappa shape index (κ1) is 7.79. The third-order valence-electron chi connectivity index (χ3n) is 1.85. The van der Waals surface area contributed by atoms with E-state index >= 15 is 0 Å². The molecule has 1 aliphatic heterocycles. The molecule has 1 fully saturated rings. The number of hydrogen-bond acceptors (Lipinski definition) is 1. The number of rotatable bonds is 1. The van der Waals surface area contributed by atoms with Crippen LogP contribution in [0, 0.1) is 5.92 Å². The van der Waals surface area contributed by atoms with Crippen LogP contribution in [-0.2, 0) is 4.74 Å². The first-order valence-electron chi connectivity index (χ1n) is 3.52. The summed E-state index contributed by atoms with van der Waals surface area (Å²) in [5, 5.41) is 0. The zero-order chi connectivity index (χ0) is 6.69. The molecule has 1 nitrogen and oxygen atoms in total. The van der Waals surface area contributed by atoms with Crippen LogP contribution in [0.2, 0.25) is 0 Å². The van der Waals surface area contributed by atoms with E-state index in [2.05, 4.69) is 29.5 Å². The minimum atomic E-state index is 0.780. The number of halogens is 1. The van der Waals surface area contributed by atoms with Gasteiger partial charge in [0.2, 0.25) is 0 Å². The Bertz CT molecular complexity index is 77.0. The van der Waals surface area contributed by atoms with E-state index < -0.39 is 0 Å². The zero-order valence-corrected chi connectivity index (χ0v) is 7.93. The molecule has 1 unspecified atom stereocenters. The van der Waals surface area contributed by atoms with Crippen molar-refractivity contribution >= 4 is 22.6 Å². The SMILES string of the molecule is CC(I)[C@H]1CCCOC1. The van der Waals surface area contributed by atoms with Gasteiger partial charge < -0.3 is 4.74 Å². The molecule has 0 N–H and O–H groups in total. The molecule has 0 aromatic heterocycles. The van der Waals surface area contributed by atoms with Crippen LogP contribution in [0.1, 0.15) is 19.8 Å². The maximum Gasteiger partial charge on any atom is 0.0504 e. The lowest BCUT2D eigenvalue weighted by Crippen LogP contribution is -2.23. The van der Waals surface area contributed by atoms with Crippen molar-refractivity contribution in [2.24, 2.45) is 5.92 Å². The summed E-state index contributed by atoms with van der Waals surface area (Å²) in [6, 6.07) is 0.